The van der Waals surface area contributed by atoms with E-state index in [4.69, 9.17) is 0 Å². The Balaban J connectivity index is 2.42. The van der Waals surface area contributed by atoms with Crippen molar-refractivity contribution in [3.63, 3.8) is 0 Å². The first-order valence-corrected chi connectivity index (χ1v) is 5.24. The zero-order valence-corrected chi connectivity index (χ0v) is 9.32. The topological polar surface area (TPSA) is 24.9 Å². The molecule has 2 aromatic rings. The normalized spacial score (nSPS) is 12.4. The van der Waals surface area contributed by atoms with Gasteiger partial charge >= 0.3 is 0 Å². The molecular formula is C13H12F2N2. The zero-order valence-electron chi connectivity index (χ0n) is 9.32. The Hall–Kier alpha value is -1.81. The standard InChI is InChI=1S/C13H12F2N2/c1-16-13(9-3-2-4-17-8-9)10-5-11(14)7-12(15)6-10/h2-8,13,16H,1H3. The third-order valence-corrected chi connectivity index (χ3v) is 2.52. The minimum Gasteiger partial charge on any atom is -0.309 e. The van der Waals surface area contributed by atoms with E-state index in [0.717, 1.165) is 11.6 Å². The molecule has 17 heavy (non-hydrogen) atoms. The Morgan fingerprint density at radius 2 is 1.82 bits per heavy atom. The van der Waals surface area contributed by atoms with Crippen molar-refractivity contribution in [2.75, 3.05) is 7.05 Å². The van der Waals surface area contributed by atoms with Crippen LogP contribution in [-0.2, 0) is 0 Å². The molecule has 1 aromatic heterocycles. The average molecular weight is 234 g/mol. The number of nitrogens with zero attached hydrogens (tertiary/aromatic N) is 1. The summed E-state index contributed by atoms with van der Waals surface area (Å²) >= 11 is 0. The van der Waals surface area contributed by atoms with Crippen LogP contribution >= 0.6 is 0 Å². The maximum atomic E-state index is 13.2. The maximum absolute atomic E-state index is 13.2. The van der Waals surface area contributed by atoms with Crippen LogP contribution in [0.5, 0.6) is 0 Å². The van der Waals surface area contributed by atoms with Gasteiger partial charge in [0.05, 0.1) is 6.04 Å². The Morgan fingerprint density at radius 3 is 2.35 bits per heavy atom. The van der Waals surface area contributed by atoms with Crippen molar-refractivity contribution in [3.8, 4) is 0 Å². The highest BCUT2D eigenvalue weighted by Gasteiger charge is 2.13. The number of hydrogen-bond donors (Lipinski definition) is 1. The summed E-state index contributed by atoms with van der Waals surface area (Å²) in [5, 5.41) is 3.02. The van der Waals surface area contributed by atoms with Crippen LogP contribution < -0.4 is 5.32 Å². The van der Waals surface area contributed by atoms with Crippen LogP contribution in [0.15, 0.2) is 42.7 Å². The fourth-order valence-corrected chi connectivity index (χ4v) is 1.81. The van der Waals surface area contributed by atoms with Gasteiger partial charge < -0.3 is 5.32 Å². The molecule has 1 heterocycles. The van der Waals surface area contributed by atoms with Crippen molar-refractivity contribution in [1.29, 1.82) is 0 Å². The predicted octanol–water partition coefficient (Wildman–Crippen LogP) is 2.67. The lowest BCUT2D eigenvalue weighted by Gasteiger charge is -2.16. The number of halogens is 2. The highest BCUT2D eigenvalue weighted by Crippen LogP contribution is 2.22. The molecule has 0 aliphatic rings. The summed E-state index contributed by atoms with van der Waals surface area (Å²) in [6.45, 7) is 0. The summed E-state index contributed by atoms with van der Waals surface area (Å²) in [6, 6.07) is 6.87. The van der Waals surface area contributed by atoms with E-state index in [1.165, 1.54) is 12.1 Å². The van der Waals surface area contributed by atoms with Gasteiger partial charge in [-0.15, -0.1) is 0 Å². The lowest BCUT2D eigenvalue weighted by Crippen LogP contribution is -2.18. The molecule has 2 rings (SSSR count). The molecular weight excluding hydrogens is 222 g/mol. The molecule has 4 heteroatoms. The van der Waals surface area contributed by atoms with Gasteiger partial charge in [0.1, 0.15) is 11.6 Å². The van der Waals surface area contributed by atoms with Gasteiger partial charge in [0.2, 0.25) is 0 Å². The summed E-state index contributed by atoms with van der Waals surface area (Å²) in [4.78, 5) is 4.00. The first-order chi connectivity index (χ1) is 8.20. The predicted molar refractivity (Wildman–Crippen MR) is 61.5 cm³/mol. The van der Waals surface area contributed by atoms with E-state index in [1.807, 2.05) is 6.07 Å². The number of rotatable bonds is 3. The molecule has 0 amide bonds. The smallest absolute Gasteiger partial charge is 0.126 e. The van der Waals surface area contributed by atoms with E-state index in [9.17, 15) is 8.78 Å². The fraction of sp³-hybridized carbons (Fsp3) is 0.154. The summed E-state index contributed by atoms with van der Waals surface area (Å²) in [6.07, 6.45) is 3.33. The molecule has 2 nitrogen and oxygen atoms in total. The van der Waals surface area contributed by atoms with Crippen LogP contribution in [0.1, 0.15) is 17.2 Å². The minimum absolute atomic E-state index is 0.270. The quantitative estimate of drug-likeness (QED) is 0.883. The Morgan fingerprint density at radius 1 is 1.12 bits per heavy atom. The number of nitrogens with one attached hydrogen (secondary N) is 1. The second kappa shape index (κ2) is 5.01. The van der Waals surface area contributed by atoms with E-state index < -0.39 is 11.6 Å². The van der Waals surface area contributed by atoms with Gasteiger partial charge in [0.25, 0.3) is 0 Å². The zero-order chi connectivity index (χ0) is 12.3. The molecule has 1 N–H and O–H groups in total. The number of hydrogen-bond acceptors (Lipinski definition) is 2. The molecule has 0 fully saturated rings. The fourth-order valence-electron chi connectivity index (χ4n) is 1.81. The van der Waals surface area contributed by atoms with Gasteiger partial charge in [-0.2, -0.15) is 0 Å². The Bertz CT molecular complexity index is 480. The first kappa shape index (κ1) is 11.7. The molecule has 0 spiro atoms. The SMILES string of the molecule is CNC(c1cccnc1)c1cc(F)cc(F)c1. The molecule has 1 atom stereocenters. The van der Waals surface area contributed by atoms with Gasteiger partial charge in [-0.25, -0.2) is 8.78 Å². The van der Waals surface area contributed by atoms with Crippen molar-refractivity contribution in [2.24, 2.45) is 0 Å². The van der Waals surface area contributed by atoms with Gasteiger partial charge in [-0.05, 0) is 36.4 Å². The third kappa shape index (κ3) is 2.65. The molecule has 0 bridgehead atoms. The lowest BCUT2D eigenvalue weighted by atomic mass is 10.0. The number of aromatic nitrogens is 1. The van der Waals surface area contributed by atoms with Crippen molar-refractivity contribution in [2.45, 2.75) is 6.04 Å². The largest absolute Gasteiger partial charge is 0.309 e. The van der Waals surface area contributed by atoms with Crippen molar-refractivity contribution >= 4 is 0 Å². The monoisotopic (exact) mass is 234 g/mol. The third-order valence-electron chi connectivity index (χ3n) is 2.52. The highest BCUT2D eigenvalue weighted by atomic mass is 19.1. The number of benzene rings is 1. The van der Waals surface area contributed by atoms with Gasteiger partial charge in [0, 0.05) is 18.5 Å². The van der Waals surface area contributed by atoms with E-state index in [0.29, 0.717) is 5.56 Å². The molecule has 0 aliphatic carbocycles. The summed E-state index contributed by atoms with van der Waals surface area (Å²) in [5.74, 6) is -1.16. The Kier molecular flexibility index (Phi) is 3.44. The average Bonchev–Trinajstić information content (AvgIpc) is 2.30. The molecule has 0 saturated carbocycles. The van der Waals surface area contributed by atoms with Crippen molar-refractivity contribution in [1.82, 2.24) is 10.3 Å². The highest BCUT2D eigenvalue weighted by molar-refractivity contribution is 5.30. The van der Waals surface area contributed by atoms with Crippen LogP contribution in [0.4, 0.5) is 8.78 Å². The van der Waals surface area contributed by atoms with Gasteiger partial charge in [-0.3, -0.25) is 4.98 Å². The summed E-state index contributed by atoms with van der Waals surface area (Å²) in [7, 11) is 1.74. The maximum Gasteiger partial charge on any atom is 0.126 e. The minimum atomic E-state index is -0.579. The molecule has 0 aliphatic heterocycles. The molecule has 0 radical (unpaired) electrons. The lowest BCUT2D eigenvalue weighted by molar-refractivity contribution is 0.571. The van der Waals surface area contributed by atoms with Crippen molar-refractivity contribution in [3.05, 3.63) is 65.5 Å². The summed E-state index contributed by atoms with van der Waals surface area (Å²) < 4.78 is 26.3. The second-order valence-electron chi connectivity index (χ2n) is 3.71. The van der Waals surface area contributed by atoms with E-state index in [1.54, 1.807) is 25.5 Å². The second-order valence-corrected chi connectivity index (χ2v) is 3.71. The van der Waals surface area contributed by atoms with Gasteiger partial charge in [-0.1, -0.05) is 6.07 Å². The van der Waals surface area contributed by atoms with E-state index >= 15 is 0 Å². The van der Waals surface area contributed by atoms with Crippen LogP contribution in [0.2, 0.25) is 0 Å². The van der Waals surface area contributed by atoms with Gasteiger partial charge in [0.15, 0.2) is 0 Å². The molecule has 88 valence electrons. The van der Waals surface area contributed by atoms with Crippen LogP contribution in [-0.4, -0.2) is 12.0 Å². The molecule has 0 saturated heterocycles. The summed E-state index contributed by atoms with van der Waals surface area (Å²) in [5.41, 5.74) is 1.40. The number of pyridine rings is 1. The van der Waals surface area contributed by atoms with Crippen molar-refractivity contribution < 1.29 is 8.78 Å². The Labute approximate surface area is 98.3 Å². The van der Waals surface area contributed by atoms with E-state index in [2.05, 4.69) is 10.3 Å². The molecule has 1 aromatic carbocycles. The van der Waals surface area contributed by atoms with Crippen LogP contribution in [0.25, 0.3) is 0 Å². The van der Waals surface area contributed by atoms with Crippen LogP contribution in [0, 0.1) is 11.6 Å². The van der Waals surface area contributed by atoms with E-state index in [-0.39, 0.29) is 6.04 Å². The molecule has 1 unspecified atom stereocenters. The first-order valence-electron chi connectivity index (χ1n) is 5.24. The van der Waals surface area contributed by atoms with Crippen LogP contribution in [0.3, 0.4) is 0 Å².